The third-order valence-corrected chi connectivity index (χ3v) is 5.23. The van der Waals surface area contributed by atoms with E-state index in [-0.39, 0.29) is 18.6 Å². The maximum Gasteiger partial charge on any atom is 0.191 e. The largest absolute Gasteiger partial charge is 0.396 e. The number of hydrogen-bond acceptors (Lipinski definition) is 3. The van der Waals surface area contributed by atoms with Crippen LogP contribution in [0.15, 0.2) is 23.2 Å². The molecule has 2 rings (SSSR count). The van der Waals surface area contributed by atoms with Crippen molar-refractivity contribution in [3.8, 4) is 0 Å². The SMILES string of the molecule is CCNC(=NCc1ccc(F)c(CO)c1)NCC1(CCO)CCCCC1. The van der Waals surface area contributed by atoms with E-state index < -0.39 is 5.82 Å². The van der Waals surface area contributed by atoms with Gasteiger partial charge in [0.2, 0.25) is 0 Å². The fourth-order valence-electron chi connectivity index (χ4n) is 3.69. The first kappa shape index (κ1) is 20.6. The zero-order chi connectivity index (χ0) is 18.8. The van der Waals surface area contributed by atoms with Gasteiger partial charge >= 0.3 is 0 Å². The summed E-state index contributed by atoms with van der Waals surface area (Å²) in [7, 11) is 0. The Kier molecular flexibility index (Phi) is 8.32. The van der Waals surface area contributed by atoms with Gasteiger partial charge in [0.15, 0.2) is 5.96 Å². The predicted molar refractivity (Wildman–Crippen MR) is 102 cm³/mol. The Morgan fingerprint density at radius 1 is 1.19 bits per heavy atom. The van der Waals surface area contributed by atoms with Crippen LogP contribution in [-0.4, -0.2) is 35.9 Å². The number of guanidine groups is 1. The molecule has 26 heavy (non-hydrogen) atoms. The Labute approximate surface area is 155 Å². The van der Waals surface area contributed by atoms with E-state index in [9.17, 15) is 14.6 Å². The summed E-state index contributed by atoms with van der Waals surface area (Å²) in [5, 5.41) is 25.3. The Balaban J connectivity index is 2.01. The van der Waals surface area contributed by atoms with Crippen molar-refractivity contribution < 1.29 is 14.6 Å². The number of nitrogens with zero attached hydrogens (tertiary/aromatic N) is 1. The van der Waals surface area contributed by atoms with E-state index >= 15 is 0 Å². The monoisotopic (exact) mass is 365 g/mol. The third kappa shape index (κ3) is 5.95. The Morgan fingerprint density at radius 2 is 1.96 bits per heavy atom. The van der Waals surface area contributed by atoms with Gasteiger partial charge in [0, 0.05) is 25.3 Å². The molecular formula is C20H32FN3O2. The van der Waals surface area contributed by atoms with Crippen molar-refractivity contribution in [2.45, 2.75) is 58.6 Å². The number of halogens is 1. The average Bonchev–Trinajstić information content (AvgIpc) is 2.66. The number of aliphatic hydroxyl groups excluding tert-OH is 2. The highest BCUT2D eigenvalue weighted by Gasteiger charge is 2.31. The van der Waals surface area contributed by atoms with Crippen LogP contribution >= 0.6 is 0 Å². The highest BCUT2D eigenvalue weighted by atomic mass is 19.1. The molecule has 5 nitrogen and oxygen atoms in total. The molecule has 4 N–H and O–H groups in total. The van der Waals surface area contributed by atoms with Crippen molar-refractivity contribution in [3.05, 3.63) is 35.1 Å². The van der Waals surface area contributed by atoms with Gasteiger partial charge in [-0.25, -0.2) is 9.38 Å². The Hall–Kier alpha value is -1.66. The van der Waals surface area contributed by atoms with E-state index in [1.807, 2.05) is 6.92 Å². The molecule has 1 aliphatic rings. The molecule has 0 spiro atoms. The Morgan fingerprint density at radius 3 is 2.62 bits per heavy atom. The summed E-state index contributed by atoms with van der Waals surface area (Å²) in [5.41, 5.74) is 1.29. The normalized spacial score (nSPS) is 17.2. The van der Waals surface area contributed by atoms with Crippen molar-refractivity contribution >= 4 is 5.96 Å². The summed E-state index contributed by atoms with van der Waals surface area (Å²) in [5.74, 6) is 0.332. The second-order valence-electron chi connectivity index (χ2n) is 7.17. The molecule has 6 heteroatoms. The fourth-order valence-corrected chi connectivity index (χ4v) is 3.69. The van der Waals surface area contributed by atoms with Crippen molar-refractivity contribution in [1.82, 2.24) is 10.6 Å². The van der Waals surface area contributed by atoms with Crippen molar-refractivity contribution in [2.24, 2.45) is 10.4 Å². The van der Waals surface area contributed by atoms with Crippen LogP contribution in [0.5, 0.6) is 0 Å². The van der Waals surface area contributed by atoms with Gasteiger partial charge in [-0.2, -0.15) is 0 Å². The number of nitrogens with one attached hydrogen (secondary N) is 2. The molecule has 0 heterocycles. The minimum absolute atomic E-state index is 0.142. The molecule has 1 saturated carbocycles. The highest BCUT2D eigenvalue weighted by Crippen LogP contribution is 2.38. The Bertz CT molecular complexity index is 581. The van der Waals surface area contributed by atoms with E-state index in [0.717, 1.165) is 43.9 Å². The molecule has 1 fully saturated rings. The smallest absolute Gasteiger partial charge is 0.191 e. The minimum Gasteiger partial charge on any atom is -0.396 e. The number of aliphatic hydroxyl groups is 2. The standard InChI is InChI=1S/C20H32FN3O2/c1-2-22-19(23-13-16-6-7-18(21)17(12-16)14-26)24-15-20(10-11-25)8-4-3-5-9-20/h6-7,12,25-26H,2-5,8-11,13-15H2,1H3,(H2,22,23,24). The molecule has 0 amide bonds. The van der Waals surface area contributed by atoms with E-state index in [0.29, 0.717) is 12.1 Å². The minimum atomic E-state index is -0.395. The van der Waals surface area contributed by atoms with Crippen LogP contribution < -0.4 is 10.6 Å². The molecule has 1 aromatic carbocycles. The lowest BCUT2D eigenvalue weighted by Crippen LogP contribution is -2.44. The number of aliphatic imine (C=N–C) groups is 1. The maximum absolute atomic E-state index is 13.5. The summed E-state index contributed by atoms with van der Waals surface area (Å²) in [6.07, 6.45) is 6.80. The van der Waals surface area contributed by atoms with Crippen LogP contribution in [0, 0.1) is 11.2 Å². The van der Waals surface area contributed by atoms with Crippen LogP contribution in [0.2, 0.25) is 0 Å². The molecule has 0 bridgehead atoms. The number of rotatable bonds is 8. The second kappa shape index (κ2) is 10.5. The van der Waals surface area contributed by atoms with Crippen LogP contribution in [0.3, 0.4) is 0 Å². The van der Waals surface area contributed by atoms with Crippen LogP contribution in [0.4, 0.5) is 4.39 Å². The predicted octanol–water partition coefficient (Wildman–Crippen LogP) is 2.71. The lowest BCUT2D eigenvalue weighted by molar-refractivity contribution is 0.131. The van der Waals surface area contributed by atoms with Gasteiger partial charge < -0.3 is 20.8 Å². The van der Waals surface area contributed by atoms with Crippen molar-refractivity contribution in [3.63, 3.8) is 0 Å². The summed E-state index contributed by atoms with van der Waals surface area (Å²) in [4.78, 5) is 4.59. The molecule has 0 aliphatic heterocycles. The quantitative estimate of drug-likeness (QED) is 0.422. The van der Waals surface area contributed by atoms with Gasteiger partial charge in [-0.3, -0.25) is 0 Å². The number of hydrogen-bond donors (Lipinski definition) is 4. The average molecular weight is 365 g/mol. The van der Waals surface area contributed by atoms with Crippen LogP contribution in [0.1, 0.15) is 56.6 Å². The molecule has 1 aromatic rings. The van der Waals surface area contributed by atoms with Gasteiger partial charge in [-0.1, -0.05) is 25.3 Å². The highest BCUT2D eigenvalue weighted by molar-refractivity contribution is 5.79. The van der Waals surface area contributed by atoms with Crippen LogP contribution in [0.25, 0.3) is 0 Å². The fraction of sp³-hybridized carbons (Fsp3) is 0.650. The molecule has 0 radical (unpaired) electrons. The molecule has 0 unspecified atom stereocenters. The first-order valence-electron chi connectivity index (χ1n) is 9.63. The van der Waals surface area contributed by atoms with Gasteiger partial charge in [0.1, 0.15) is 5.82 Å². The maximum atomic E-state index is 13.5. The topological polar surface area (TPSA) is 76.9 Å². The molecule has 0 atom stereocenters. The molecule has 146 valence electrons. The van der Waals surface area contributed by atoms with E-state index in [4.69, 9.17) is 0 Å². The van der Waals surface area contributed by atoms with Crippen molar-refractivity contribution in [2.75, 3.05) is 19.7 Å². The van der Waals surface area contributed by atoms with E-state index in [1.165, 1.54) is 25.3 Å². The molecular weight excluding hydrogens is 333 g/mol. The first-order valence-corrected chi connectivity index (χ1v) is 9.63. The van der Waals surface area contributed by atoms with Gasteiger partial charge in [-0.05, 0) is 49.3 Å². The van der Waals surface area contributed by atoms with Gasteiger partial charge in [0.25, 0.3) is 0 Å². The van der Waals surface area contributed by atoms with Crippen molar-refractivity contribution in [1.29, 1.82) is 0 Å². The van der Waals surface area contributed by atoms with Gasteiger partial charge in [0.05, 0.1) is 13.2 Å². The van der Waals surface area contributed by atoms with Crippen LogP contribution in [-0.2, 0) is 13.2 Å². The zero-order valence-corrected chi connectivity index (χ0v) is 15.7. The zero-order valence-electron chi connectivity index (χ0n) is 15.7. The lowest BCUT2D eigenvalue weighted by Gasteiger charge is -2.37. The molecule has 0 aromatic heterocycles. The van der Waals surface area contributed by atoms with E-state index in [2.05, 4.69) is 15.6 Å². The first-order chi connectivity index (χ1) is 12.6. The summed E-state index contributed by atoms with van der Waals surface area (Å²) in [6.45, 7) is 3.88. The summed E-state index contributed by atoms with van der Waals surface area (Å²) < 4.78 is 13.5. The summed E-state index contributed by atoms with van der Waals surface area (Å²) in [6, 6.07) is 4.71. The van der Waals surface area contributed by atoms with Gasteiger partial charge in [-0.15, -0.1) is 0 Å². The second-order valence-corrected chi connectivity index (χ2v) is 7.17. The van der Waals surface area contributed by atoms with E-state index in [1.54, 1.807) is 12.1 Å². The summed E-state index contributed by atoms with van der Waals surface area (Å²) >= 11 is 0. The number of benzene rings is 1. The third-order valence-electron chi connectivity index (χ3n) is 5.23. The molecule has 0 saturated heterocycles. The molecule has 1 aliphatic carbocycles. The lowest BCUT2D eigenvalue weighted by atomic mass is 9.72.